The number of rotatable bonds is 3. The van der Waals surface area contributed by atoms with Crippen LogP contribution in [0.2, 0.25) is 0 Å². The molecule has 0 atom stereocenters. The van der Waals surface area contributed by atoms with Crippen LogP contribution in [0.3, 0.4) is 0 Å². The van der Waals surface area contributed by atoms with Crippen molar-refractivity contribution in [3.05, 3.63) is 60.7 Å². The number of carbonyl (C=O) groups excluding carboxylic acids is 1. The van der Waals surface area contributed by atoms with Crippen molar-refractivity contribution in [2.75, 3.05) is 26.3 Å². The maximum absolute atomic E-state index is 12.6. The predicted molar refractivity (Wildman–Crippen MR) is 106 cm³/mol. The number of hydrogen-bond acceptors (Lipinski definition) is 4. The minimum atomic E-state index is 0.0521. The summed E-state index contributed by atoms with van der Waals surface area (Å²) >= 11 is 0. The number of aromatic nitrogens is 4. The van der Waals surface area contributed by atoms with Crippen molar-refractivity contribution in [2.45, 2.75) is 0 Å². The lowest BCUT2D eigenvalue weighted by atomic mass is 10.0. The number of amides is 1. The molecule has 28 heavy (non-hydrogen) atoms. The summed E-state index contributed by atoms with van der Waals surface area (Å²) in [6.45, 7) is 2.49. The van der Waals surface area contributed by atoms with E-state index in [1.54, 1.807) is 6.20 Å². The molecular formula is C21H19N5O2. The molecule has 4 heterocycles. The third kappa shape index (κ3) is 2.95. The van der Waals surface area contributed by atoms with Gasteiger partial charge < -0.3 is 14.6 Å². The van der Waals surface area contributed by atoms with Crippen molar-refractivity contribution in [3.63, 3.8) is 0 Å². The van der Waals surface area contributed by atoms with Crippen LogP contribution in [-0.2, 0) is 4.74 Å². The zero-order chi connectivity index (χ0) is 18.9. The quantitative estimate of drug-likeness (QED) is 0.578. The highest BCUT2D eigenvalue weighted by Gasteiger charge is 2.18. The summed E-state index contributed by atoms with van der Waals surface area (Å²) in [5.41, 5.74) is 5.61. The lowest BCUT2D eigenvalue weighted by molar-refractivity contribution is 0.0303. The molecule has 1 aliphatic heterocycles. The van der Waals surface area contributed by atoms with Crippen LogP contribution in [0.4, 0.5) is 0 Å². The molecule has 0 aliphatic carbocycles. The fourth-order valence-corrected chi connectivity index (χ4v) is 3.55. The molecular weight excluding hydrogens is 354 g/mol. The molecule has 0 saturated carbocycles. The summed E-state index contributed by atoms with van der Waals surface area (Å²) in [6, 6.07) is 9.82. The largest absolute Gasteiger partial charge is 0.378 e. The predicted octanol–water partition coefficient (Wildman–Crippen LogP) is 3.09. The van der Waals surface area contributed by atoms with Crippen molar-refractivity contribution in [2.24, 2.45) is 0 Å². The first-order valence-electron chi connectivity index (χ1n) is 9.23. The molecule has 7 nitrogen and oxygen atoms in total. The van der Waals surface area contributed by atoms with E-state index < -0.39 is 0 Å². The van der Waals surface area contributed by atoms with Crippen LogP contribution in [-0.4, -0.2) is 57.3 Å². The van der Waals surface area contributed by atoms with Crippen LogP contribution in [0, 0.1) is 0 Å². The zero-order valence-electron chi connectivity index (χ0n) is 15.2. The number of morpholine rings is 1. The van der Waals surface area contributed by atoms with Crippen molar-refractivity contribution in [1.29, 1.82) is 0 Å². The smallest absolute Gasteiger partial charge is 0.254 e. The second kappa shape index (κ2) is 6.94. The van der Waals surface area contributed by atoms with Gasteiger partial charge in [0, 0.05) is 59.3 Å². The highest BCUT2D eigenvalue weighted by molar-refractivity contribution is 5.96. The zero-order valence-corrected chi connectivity index (χ0v) is 15.2. The number of nitrogens with zero attached hydrogens (tertiary/aromatic N) is 3. The fourth-order valence-electron chi connectivity index (χ4n) is 3.55. The number of nitrogens with one attached hydrogen (secondary N) is 2. The lowest BCUT2D eigenvalue weighted by Crippen LogP contribution is -2.40. The Morgan fingerprint density at radius 2 is 1.82 bits per heavy atom. The maximum atomic E-state index is 12.6. The number of ether oxygens (including phenoxy) is 1. The summed E-state index contributed by atoms with van der Waals surface area (Å²) in [6.07, 6.45) is 7.44. The summed E-state index contributed by atoms with van der Waals surface area (Å²) in [5.74, 6) is 0.0521. The van der Waals surface area contributed by atoms with Crippen molar-refractivity contribution >= 4 is 16.9 Å². The molecule has 1 amide bonds. The van der Waals surface area contributed by atoms with Crippen molar-refractivity contribution < 1.29 is 9.53 Å². The van der Waals surface area contributed by atoms with Gasteiger partial charge in [0.1, 0.15) is 5.65 Å². The van der Waals surface area contributed by atoms with Gasteiger partial charge in [0.25, 0.3) is 5.91 Å². The van der Waals surface area contributed by atoms with Crippen LogP contribution in [0.25, 0.3) is 33.3 Å². The van der Waals surface area contributed by atoms with Gasteiger partial charge in [0.15, 0.2) is 0 Å². The molecule has 0 bridgehead atoms. The van der Waals surface area contributed by atoms with Gasteiger partial charge in [-0.2, -0.15) is 5.10 Å². The van der Waals surface area contributed by atoms with Gasteiger partial charge in [-0.15, -0.1) is 0 Å². The van der Waals surface area contributed by atoms with E-state index in [1.165, 1.54) is 0 Å². The fraction of sp³-hybridized carbons (Fsp3) is 0.190. The van der Waals surface area contributed by atoms with E-state index in [1.807, 2.05) is 47.8 Å². The van der Waals surface area contributed by atoms with Gasteiger partial charge in [0.05, 0.1) is 19.4 Å². The lowest BCUT2D eigenvalue weighted by Gasteiger charge is -2.26. The Labute approximate surface area is 161 Å². The molecule has 3 aromatic heterocycles. The first-order chi connectivity index (χ1) is 13.8. The third-order valence-electron chi connectivity index (χ3n) is 5.10. The highest BCUT2D eigenvalue weighted by atomic mass is 16.5. The first-order valence-corrected chi connectivity index (χ1v) is 9.23. The minimum Gasteiger partial charge on any atom is -0.378 e. The number of hydrogen-bond donors (Lipinski definition) is 2. The van der Waals surface area contributed by atoms with E-state index in [-0.39, 0.29) is 5.91 Å². The molecule has 1 aromatic carbocycles. The number of pyridine rings is 1. The molecule has 140 valence electrons. The number of H-pyrrole nitrogens is 2. The highest BCUT2D eigenvalue weighted by Crippen LogP contribution is 2.30. The van der Waals surface area contributed by atoms with Crippen LogP contribution in [0.1, 0.15) is 10.4 Å². The Morgan fingerprint density at radius 1 is 1.00 bits per heavy atom. The van der Waals surface area contributed by atoms with Gasteiger partial charge in [-0.3, -0.25) is 9.89 Å². The summed E-state index contributed by atoms with van der Waals surface area (Å²) < 4.78 is 5.32. The maximum Gasteiger partial charge on any atom is 0.254 e. The second-order valence-corrected chi connectivity index (χ2v) is 6.79. The molecule has 5 rings (SSSR count). The average molecular weight is 373 g/mol. The second-order valence-electron chi connectivity index (χ2n) is 6.79. The molecule has 0 spiro atoms. The number of fused-ring (bicyclic) bond motifs is 1. The van der Waals surface area contributed by atoms with Crippen molar-refractivity contribution in [3.8, 4) is 22.3 Å². The van der Waals surface area contributed by atoms with Crippen LogP contribution < -0.4 is 0 Å². The Morgan fingerprint density at radius 3 is 2.57 bits per heavy atom. The Bertz CT molecular complexity index is 1110. The van der Waals surface area contributed by atoms with Crippen molar-refractivity contribution in [1.82, 2.24) is 25.1 Å². The standard InChI is InChI=1S/C21H19N5O2/c27-21(26-5-7-28-8-6-26)15-3-1-14(2-4-15)16-9-18-19(17-11-24-25-12-17)13-23-20(18)22-10-16/h1-4,9-13H,5-8H2,(H,22,23)(H,24,25). The van der Waals surface area contributed by atoms with E-state index in [2.05, 4.69) is 26.2 Å². The molecule has 0 unspecified atom stereocenters. The SMILES string of the molecule is O=C(c1ccc(-c2cnc3[nH]cc(-c4cn[nH]c4)c3c2)cc1)N1CCOCC1. The molecule has 2 N–H and O–H groups in total. The molecule has 7 heteroatoms. The molecule has 1 saturated heterocycles. The van der Waals surface area contributed by atoms with Gasteiger partial charge >= 0.3 is 0 Å². The normalized spacial score (nSPS) is 14.5. The molecule has 0 radical (unpaired) electrons. The number of aromatic amines is 2. The summed E-state index contributed by atoms with van der Waals surface area (Å²) in [4.78, 5) is 22.2. The van der Waals surface area contributed by atoms with Crippen LogP contribution >= 0.6 is 0 Å². The van der Waals surface area contributed by atoms with E-state index in [0.29, 0.717) is 31.9 Å². The summed E-state index contributed by atoms with van der Waals surface area (Å²) in [7, 11) is 0. The van der Waals surface area contributed by atoms with Gasteiger partial charge in [-0.25, -0.2) is 4.98 Å². The monoisotopic (exact) mass is 373 g/mol. The Balaban J connectivity index is 1.45. The number of benzene rings is 1. The van der Waals surface area contributed by atoms with E-state index in [9.17, 15) is 4.79 Å². The summed E-state index contributed by atoms with van der Waals surface area (Å²) in [5, 5.41) is 7.91. The van der Waals surface area contributed by atoms with Gasteiger partial charge in [0.2, 0.25) is 0 Å². The topological polar surface area (TPSA) is 86.9 Å². The van der Waals surface area contributed by atoms with E-state index in [0.717, 1.165) is 33.3 Å². The van der Waals surface area contributed by atoms with Crippen LogP contribution in [0.15, 0.2) is 55.1 Å². The van der Waals surface area contributed by atoms with E-state index in [4.69, 9.17) is 4.74 Å². The molecule has 1 fully saturated rings. The molecule has 1 aliphatic rings. The van der Waals surface area contributed by atoms with Gasteiger partial charge in [-0.1, -0.05) is 12.1 Å². The minimum absolute atomic E-state index is 0.0521. The van der Waals surface area contributed by atoms with E-state index >= 15 is 0 Å². The first kappa shape index (κ1) is 16.7. The Kier molecular flexibility index (Phi) is 4.14. The van der Waals surface area contributed by atoms with Gasteiger partial charge in [-0.05, 0) is 23.8 Å². The average Bonchev–Trinajstić information content (AvgIpc) is 3.43. The third-order valence-corrected chi connectivity index (χ3v) is 5.10. The molecule has 4 aromatic rings. The Hall–Kier alpha value is -3.45. The number of carbonyl (C=O) groups is 1. The van der Waals surface area contributed by atoms with Crippen LogP contribution in [0.5, 0.6) is 0 Å².